The number of amides is 1. The molecule has 4 rings (SSSR count). The third kappa shape index (κ3) is 3.33. The highest BCUT2D eigenvalue weighted by atomic mass is 16.3. The Hall–Kier alpha value is -3.34. The lowest BCUT2D eigenvalue weighted by atomic mass is 9.83. The number of aromatic nitrogens is 1. The molecule has 0 fully saturated rings. The van der Waals surface area contributed by atoms with E-state index in [1.165, 1.54) is 6.07 Å². The summed E-state index contributed by atoms with van der Waals surface area (Å²) in [5.41, 5.74) is 1.76. The second-order valence-corrected chi connectivity index (χ2v) is 7.70. The molecule has 1 aliphatic heterocycles. The fraction of sp³-hybridized carbons (Fsp3) is 0.250. The minimum absolute atomic E-state index is 0.0487. The van der Waals surface area contributed by atoms with E-state index in [4.69, 9.17) is 0 Å². The molecule has 3 aromatic rings. The first-order chi connectivity index (χ1) is 14.0. The van der Waals surface area contributed by atoms with Gasteiger partial charge in [0.05, 0.1) is 6.04 Å². The highest BCUT2D eigenvalue weighted by Gasteiger charge is 2.39. The Morgan fingerprint density at radius 1 is 0.897 bits per heavy atom. The lowest BCUT2D eigenvalue weighted by molar-refractivity contribution is 0.0588. The van der Waals surface area contributed by atoms with Gasteiger partial charge in [-0.3, -0.25) is 9.59 Å². The second kappa shape index (κ2) is 7.59. The van der Waals surface area contributed by atoms with Crippen LogP contribution in [0.4, 0.5) is 0 Å². The van der Waals surface area contributed by atoms with E-state index in [1.54, 1.807) is 15.7 Å². The highest BCUT2D eigenvalue weighted by Crippen LogP contribution is 2.40. The molecule has 0 spiro atoms. The van der Waals surface area contributed by atoms with Gasteiger partial charge in [0.15, 0.2) is 11.4 Å². The molecule has 5 heteroatoms. The van der Waals surface area contributed by atoms with Crippen LogP contribution in [0.3, 0.4) is 0 Å². The molecule has 5 nitrogen and oxygen atoms in total. The number of fused-ring (bicyclic) bond motifs is 1. The molecule has 0 saturated carbocycles. The van der Waals surface area contributed by atoms with Gasteiger partial charge in [-0.1, -0.05) is 60.7 Å². The van der Waals surface area contributed by atoms with E-state index in [0.717, 1.165) is 11.1 Å². The normalized spacial score (nSPS) is 16.3. The summed E-state index contributed by atoms with van der Waals surface area (Å²) in [7, 11) is 0. The van der Waals surface area contributed by atoms with Gasteiger partial charge >= 0.3 is 0 Å². The van der Waals surface area contributed by atoms with Crippen molar-refractivity contribution < 1.29 is 9.90 Å². The molecular weight excluding hydrogens is 364 g/mol. The maximum absolute atomic E-state index is 13.1. The minimum atomic E-state index is -0.537. The number of pyridine rings is 1. The first kappa shape index (κ1) is 19.0. The Morgan fingerprint density at radius 2 is 1.45 bits per heavy atom. The van der Waals surface area contributed by atoms with Gasteiger partial charge in [0.25, 0.3) is 5.91 Å². The van der Waals surface area contributed by atoms with Gasteiger partial charge in [-0.05, 0) is 25.0 Å². The van der Waals surface area contributed by atoms with Crippen LogP contribution in [0.2, 0.25) is 0 Å². The Balaban J connectivity index is 1.95. The fourth-order valence-corrected chi connectivity index (χ4v) is 4.21. The van der Waals surface area contributed by atoms with Crippen LogP contribution >= 0.6 is 0 Å². The van der Waals surface area contributed by atoms with E-state index < -0.39 is 11.2 Å². The summed E-state index contributed by atoms with van der Waals surface area (Å²) in [6, 6.07) is 21.4. The summed E-state index contributed by atoms with van der Waals surface area (Å²) in [6.45, 7) is 4.38. The van der Waals surface area contributed by atoms with Crippen molar-refractivity contribution in [3.8, 4) is 5.75 Å². The number of nitrogens with zero attached hydrogens (tertiary/aromatic N) is 2. The number of benzene rings is 2. The van der Waals surface area contributed by atoms with Crippen molar-refractivity contribution in [1.29, 1.82) is 0 Å². The summed E-state index contributed by atoms with van der Waals surface area (Å²) in [4.78, 5) is 26.9. The monoisotopic (exact) mass is 388 g/mol. The predicted molar refractivity (Wildman–Crippen MR) is 112 cm³/mol. The average molecular weight is 388 g/mol. The molecular formula is C24H24N2O3. The first-order valence-corrected chi connectivity index (χ1v) is 9.84. The smallest absolute Gasteiger partial charge is 0.274 e. The molecule has 1 N–H and O–H groups in total. The predicted octanol–water partition coefficient (Wildman–Crippen LogP) is 3.79. The maximum Gasteiger partial charge on any atom is 0.274 e. The van der Waals surface area contributed by atoms with Gasteiger partial charge in [0.2, 0.25) is 5.43 Å². The van der Waals surface area contributed by atoms with E-state index in [9.17, 15) is 14.7 Å². The van der Waals surface area contributed by atoms with Crippen molar-refractivity contribution >= 4 is 5.91 Å². The zero-order valence-electron chi connectivity index (χ0n) is 16.5. The molecule has 1 amide bonds. The fourth-order valence-electron chi connectivity index (χ4n) is 4.21. The van der Waals surface area contributed by atoms with E-state index in [2.05, 4.69) is 24.3 Å². The third-order valence-corrected chi connectivity index (χ3v) is 5.63. The minimum Gasteiger partial charge on any atom is -0.503 e. The van der Waals surface area contributed by atoms with Gasteiger partial charge < -0.3 is 14.6 Å². The quantitative estimate of drug-likeness (QED) is 0.740. The number of rotatable bonds is 4. The molecule has 1 aliphatic rings. The third-order valence-electron chi connectivity index (χ3n) is 5.63. The Morgan fingerprint density at radius 3 is 1.97 bits per heavy atom. The molecule has 29 heavy (non-hydrogen) atoms. The Kier molecular flexibility index (Phi) is 4.97. The van der Waals surface area contributed by atoms with Gasteiger partial charge in [0, 0.05) is 30.8 Å². The number of hydrogen-bond acceptors (Lipinski definition) is 3. The second-order valence-electron chi connectivity index (χ2n) is 7.70. The molecule has 0 radical (unpaired) electrons. The van der Waals surface area contributed by atoms with Crippen LogP contribution < -0.4 is 5.43 Å². The van der Waals surface area contributed by atoms with Crippen molar-refractivity contribution in [2.75, 3.05) is 6.54 Å². The number of carbonyl (C=O) groups excluding carboxylic acids is 1. The summed E-state index contributed by atoms with van der Waals surface area (Å²) in [6.07, 6.45) is 1.64. The lowest BCUT2D eigenvalue weighted by Gasteiger charge is -2.42. The summed E-state index contributed by atoms with van der Waals surface area (Å²) in [5, 5.41) is 10.5. The SMILES string of the molecule is CC(C)N1CC(C(c2ccccc2)c2ccccc2)n2ccc(=O)c(O)c2C1=O. The standard InChI is InChI=1S/C24H24N2O3/c1-16(2)26-15-19(25-14-13-20(27)23(28)22(25)24(26)29)21(17-9-5-3-6-10-17)18-11-7-4-8-12-18/h3-14,16,19,21,28H,15H2,1-2H3. The van der Waals surface area contributed by atoms with Crippen LogP contribution in [-0.4, -0.2) is 33.1 Å². The van der Waals surface area contributed by atoms with Crippen LogP contribution in [0.1, 0.15) is 47.4 Å². The Labute approximate surface area is 169 Å². The molecule has 0 saturated heterocycles. The van der Waals surface area contributed by atoms with E-state index in [-0.39, 0.29) is 29.6 Å². The van der Waals surface area contributed by atoms with Crippen LogP contribution in [0, 0.1) is 0 Å². The summed E-state index contributed by atoms with van der Waals surface area (Å²) < 4.78 is 1.78. The van der Waals surface area contributed by atoms with Gasteiger partial charge in [0.1, 0.15) is 0 Å². The number of carbonyl (C=O) groups is 1. The molecule has 148 valence electrons. The van der Waals surface area contributed by atoms with Gasteiger partial charge in [-0.25, -0.2) is 0 Å². The highest BCUT2D eigenvalue weighted by molar-refractivity contribution is 5.96. The van der Waals surface area contributed by atoms with E-state index >= 15 is 0 Å². The van der Waals surface area contributed by atoms with Crippen LogP contribution in [0.15, 0.2) is 77.7 Å². The van der Waals surface area contributed by atoms with Crippen LogP contribution in [-0.2, 0) is 0 Å². The Bertz CT molecular complexity index is 1030. The maximum atomic E-state index is 13.1. The molecule has 2 aromatic carbocycles. The van der Waals surface area contributed by atoms with Gasteiger partial charge in [-0.2, -0.15) is 0 Å². The molecule has 1 unspecified atom stereocenters. The number of aromatic hydroxyl groups is 1. The van der Waals surface area contributed by atoms with Crippen molar-refractivity contribution in [1.82, 2.24) is 9.47 Å². The van der Waals surface area contributed by atoms with Crippen molar-refractivity contribution in [2.24, 2.45) is 0 Å². The molecule has 1 aromatic heterocycles. The van der Waals surface area contributed by atoms with Crippen molar-refractivity contribution in [3.05, 3.63) is 100.0 Å². The molecule has 0 aliphatic carbocycles. The van der Waals surface area contributed by atoms with Crippen LogP contribution in [0.25, 0.3) is 0 Å². The lowest BCUT2D eigenvalue weighted by Crippen LogP contribution is -2.48. The number of hydrogen-bond donors (Lipinski definition) is 1. The van der Waals surface area contributed by atoms with E-state index in [1.807, 2.05) is 50.2 Å². The first-order valence-electron chi connectivity index (χ1n) is 9.84. The zero-order chi connectivity index (χ0) is 20.5. The van der Waals surface area contributed by atoms with E-state index in [0.29, 0.717) is 6.54 Å². The van der Waals surface area contributed by atoms with Crippen molar-refractivity contribution in [3.63, 3.8) is 0 Å². The zero-order valence-corrected chi connectivity index (χ0v) is 16.5. The summed E-state index contributed by atoms with van der Waals surface area (Å²) in [5.74, 6) is -0.841. The average Bonchev–Trinajstić information content (AvgIpc) is 2.73. The van der Waals surface area contributed by atoms with Crippen molar-refractivity contribution in [2.45, 2.75) is 31.8 Å². The molecule has 1 atom stereocenters. The molecule has 2 heterocycles. The summed E-state index contributed by atoms with van der Waals surface area (Å²) >= 11 is 0. The molecule has 0 bridgehead atoms. The largest absolute Gasteiger partial charge is 0.503 e. The van der Waals surface area contributed by atoms with Gasteiger partial charge in [-0.15, -0.1) is 0 Å². The topological polar surface area (TPSA) is 62.5 Å². The van der Waals surface area contributed by atoms with Crippen LogP contribution in [0.5, 0.6) is 5.75 Å².